The Morgan fingerprint density at radius 3 is 2.64 bits per heavy atom. The standard InChI is InChI=1S/C19H22N2O3S/c1-19(17(22)23)9-10-21(13-19)18(24)20-15(16-8-5-11-25-16)12-14-6-3-2-4-7-14/h2-8,11,15H,9-10,12-13H2,1H3,(H,20,24)(H,22,23). The Balaban J connectivity index is 1.70. The number of nitrogens with one attached hydrogen (secondary N) is 1. The Hall–Kier alpha value is -2.34. The molecule has 0 radical (unpaired) electrons. The van der Waals surface area contributed by atoms with Crippen LogP contribution in [0.5, 0.6) is 0 Å². The molecule has 3 rings (SSSR count). The third-order valence-corrected chi connectivity index (χ3v) is 5.73. The summed E-state index contributed by atoms with van der Waals surface area (Å²) in [5, 5.41) is 14.4. The Labute approximate surface area is 151 Å². The number of thiophene rings is 1. The van der Waals surface area contributed by atoms with E-state index in [2.05, 4.69) is 5.32 Å². The van der Waals surface area contributed by atoms with Crippen molar-refractivity contribution < 1.29 is 14.7 Å². The second-order valence-corrected chi connectivity index (χ2v) is 7.72. The molecule has 2 aromatic rings. The van der Waals surface area contributed by atoms with Crippen molar-refractivity contribution >= 4 is 23.3 Å². The molecule has 0 bridgehead atoms. The number of hydrogen-bond acceptors (Lipinski definition) is 3. The number of urea groups is 1. The number of carboxylic acids is 1. The summed E-state index contributed by atoms with van der Waals surface area (Å²) < 4.78 is 0. The summed E-state index contributed by atoms with van der Waals surface area (Å²) in [5.41, 5.74) is 0.299. The lowest BCUT2D eigenvalue weighted by molar-refractivity contribution is -0.147. The van der Waals surface area contributed by atoms with E-state index < -0.39 is 11.4 Å². The predicted molar refractivity (Wildman–Crippen MR) is 97.7 cm³/mol. The first kappa shape index (κ1) is 17.5. The zero-order valence-electron chi connectivity index (χ0n) is 14.1. The minimum Gasteiger partial charge on any atom is -0.481 e. The molecule has 5 nitrogen and oxygen atoms in total. The van der Waals surface area contributed by atoms with Gasteiger partial charge in [-0.25, -0.2) is 4.79 Å². The number of amides is 2. The topological polar surface area (TPSA) is 69.6 Å². The fourth-order valence-corrected chi connectivity index (χ4v) is 3.89. The summed E-state index contributed by atoms with van der Waals surface area (Å²) in [6, 6.07) is 13.7. The molecular formula is C19H22N2O3S. The zero-order valence-corrected chi connectivity index (χ0v) is 15.0. The van der Waals surface area contributed by atoms with Crippen LogP contribution in [0.2, 0.25) is 0 Å². The summed E-state index contributed by atoms with van der Waals surface area (Å²) in [6.07, 6.45) is 1.19. The molecule has 25 heavy (non-hydrogen) atoms. The van der Waals surface area contributed by atoms with Crippen LogP contribution in [-0.4, -0.2) is 35.1 Å². The molecule has 1 aliphatic heterocycles. The number of nitrogens with zero attached hydrogens (tertiary/aromatic N) is 1. The fourth-order valence-electron chi connectivity index (χ4n) is 3.11. The summed E-state index contributed by atoms with van der Waals surface area (Å²) in [5.74, 6) is -0.845. The van der Waals surface area contributed by atoms with E-state index in [1.165, 1.54) is 0 Å². The molecule has 2 unspecified atom stereocenters. The molecule has 132 valence electrons. The van der Waals surface area contributed by atoms with Gasteiger partial charge in [0.05, 0.1) is 11.5 Å². The van der Waals surface area contributed by atoms with Gasteiger partial charge in [0, 0.05) is 18.0 Å². The van der Waals surface area contributed by atoms with Crippen LogP contribution in [0, 0.1) is 5.41 Å². The van der Waals surface area contributed by atoms with Gasteiger partial charge in [-0.1, -0.05) is 36.4 Å². The highest BCUT2D eigenvalue weighted by atomic mass is 32.1. The average Bonchev–Trinajstić information content (AvgIpc) is 3.25. The van der Waals surface area contributed by atoms with Gasteiger partial charge in [0.1, 0.15) is 0 Å². The Kier molecular flexibility index (Phi) is 5.08. The monoisotopic (exact) mass is 358 g/mol. The molecule has 2 heterocycles. The Bertz CT molecular complexity index is 732. The first-order valence-corrected chi connectivity index (χ1v) is 9.22. The van der Waals surface area contributed by atoms with Crippen molar-refractivity contribution in [2.24, 2.45) is 5.41 Å². The van der Waals surface area contributed by atoms with E-state index in [4.69, 9.17) is 0 Å². The molecular weight excluding hydrogens is 336 g/mol. The van der Waals surface area contributed by atoms with Crippen LogP contribution in [0.25, 0.3) is 0 Å². The Morgan fingerprint density at radius 2 is 2.04 bits per heavy atom. The molecule has 0 spiro atoms. The van der Waals surface area contributed by atoms with Gasteiger partial charge in [0.25, 0.3) is 0 Å². The van der Waals surface area contributed by atoms with Crippen LogP contribution in [0.1, 0.15) is 29.8 Å². The van der Waals surface area contributed by atoms with Crippen molar-refractivity contribution in [1.82, 2.24) is 10.2 Å². The third kappa shape index (κ3) is 4.02. The van der Waals surface area contributed by atoms with Gasteiger partial charge in [-0.3, -0.25) is 4.79 Å². The maximum Gasteiger partial charge on any atom is 0.317 e. The Morgan fingerprint density at radius 1 is 1.28 bits per heavy atom. The van der Waals surface area contributed by atoms with E-state index >= 15 is 0 Å². The summed E-state index contributed by atoms with van der Waals surface area (Å²) in [7, 11) is 0. The highest BCUT2D eigenvalue weighted by Gasteiger charge is 2.42. The number of carbonyl (C=O) groups excluding carboxylic acids is 1. The van der Waals surface area contributed by atoms with Crippen molar-refractivity contribution in [3.63, 3.8) is 0 Å². The minimum atomic E-state index is -0.852. The molecule has 2 amide bonds. The van der Waals surface area contributed by atoms with E-state index in [0.29, 0.717) is 19.4 Å². The smallest absolute Gasteiger partial charge is 0.317 e. The van der Waals surface area contributed by atoms with Crippen molar-refractivity contribution in [2.75, 3.05) is 13.1 Å². The molecule has 2 atom stereocenters. The van der Waals surface area contributed by atoms with Gasteiger partial charge in [0.15, 0.2) is 0 Å². The van der Waals surface area contributed by atoms with Crippen LogP contribution in [-0.2, 0) is 11.2 Å². The van der Waals surface area contributed by atoms with Gasteiger partial charge < -0.3 is 15.3 Å². The van der Waals surface area contributed by atoms with E-state index in [1.807, 2.05) is 47.8 Å². The molecule has 2 N–H and O–H groups in total. The highest BCUT2D eigenvalue weighted by molar-refractivity contribution is 7.10. The highest BCUT2D eigenvalue weighted by Crippen LogP contribution is 2.31. The number of likely N-dealkylation sites (tertiary alicyclic amines) is 1. The minimum absolute atomic E-state index is 0.119. The lowest BCUT2D eigenvalue weighted by Gasteiger charge is -2.24. The molecule has 0 aliphatic carbocycles. The van der Waals surface area contributed by atoms with Gasteiger partial charge in [-0.2, -0.15) is 0 Å². The number of benzene rings is 1. The van der Waals surface area contributed by atoms with E-state index in [-0.39, 0.29) is 18.6 Å². The largest absolute Gasteiger partial charge is 0.481 e. The van der Waals surface area contributed by atoms with Crippen LogP contribution in [0.15, 0.2) is 47.8 Å². The third-order valence-electron chi connectivity index (χ3n) is 4.74. The van der Waals surface area contributed by atoms with E-state index in [9.17, 15) is 14.7 Å². The maximum absolute atomic E-state index is 12.7. The molecule has 6 heteroatoms. The van der Waals surface area contributed by atoms with Crippen molar-refractivity contribution in [3.05, 3.63) is 58.3 Å². The van der Waals surface area contributed by atoms with Gasteiger partial charge in [0.2, 0.25) is 0 Å². The summed E-state index contributed by atoms with van der Waals surface area (Å²) >= 11 is 1.61. The second-order valence-electron chi connectivity index (χ2n) is 6.74. The van der Waals surface area contributed by atoms with Crippen molar-refractivity contribution in [2.45, 2.75) is 25.8 Å². The second kappa shape index (κ2) is 7.27. The molecule has 1 aliphatic rings. The molecule has 1 fully saturated rings. The first-order valence-electron chi connectivity index (χ1n) is 8.34. The first-order chi connectivity index (χ1) is 12.0. The van der Waals surface area contributed by atoms with Crippen molar-refractivity contribution in [1.29, 1.82) is 0 Å². The van der Waals surface area contributed by atoms with Crippen molar-refractivity contribution in [3.8, 4) is 0 Å². The van der Waals surface area contributed by atoms with Gasteiger partial charge in [-0.05, 0) is 36.8 Å². The number of aliphatic carboxylic acids is 1. The fraction of sp³-hybridized carbons (Fsp3) is 0.368. The molecule has 1 aromatic carbocycles. The number of hydrogen-bond donors (Lipinski definition) is 2. The quantitative estimate of drug-likeness (QED) is 0.859. The van der Waals surface area contributed by atoms with Gasteiger partial charge in [-0.15, -0.1) is 11.3 Å². The summed E-state index contributed by atoms with van der Waals surface area (Å²) in [6.45, 7) is 2.41. The van der Waals surface area contributed by atoms with Gasteiger partial charge >= 0.3 is 12.0 Å². The predicted octanol–water partition coefficient (Wildman–Crippen LogP) is 3.54. The normalized spacial score (nSPS) is 21.1. The van der Waals surface area contributed by atoms with Crippen LogP contribution >= 0.6 is 11.3 Å². The van der Waals surface area contributed by atoms with E-state index in [0.717, 1.165) is 10.4 Å². The average molecular weight is 358 g/mol. The molecule has 0 saturated carbocycles. The number of carbonyl (C=O) groups is 2. The lowest BCUT2D eigenvalue weighted by atomic mass is 9.90. The zero-order chi connectivity index (χ0) is 17.9. The van der Waals surface area contributed by atoms with E-state index in [1.54, 1.807) is 23.2 Å². The lowest BCUT2D eigenvalue weighted by Crippen LogP contribution is -2.42. The number of carboxylic acid groups (broad SMARTS) is 1. The molecule has 1 saturated heterocycles. The molecule has 1 aromatic heterocycles. The van der Waals surface area contributed by atoms with Crippen LogP contribution in [0.4, 0.5) is 4.79 Å². The number of rotatable bonds is 5. The van der Waals surface area contributed by atoms with Crippen LogP contribution in [0.3, 0.4) is 0 Å². The summed E-state index contributed by atoms with van der Waals surface area (Å²) in [4.78, 5) is 26.8. The maximum atomic E-state index is 12.7. The SMILES string of the molecule is CC1(C(=O)O)CCN(C(=O)NC(Cc2ccccc2)c2cccs2)C1. The van der Waals surface area contributed by atoms with Crippen LogP contribution < -0.4 is 5.32 Å².